The zero-order valence-corrected chi connectivity index (χ0v) is 37.2. The van der Waals surface area contributed by atoms with Gasteiger partial charge in [0.15, 0.2) is 11.2 Å². The summed E-state index contributed by atoms with van der Waals surface area (Å²) in [6.45, 7) is 8.81. The summed E-state index contributed by atoms with van der Waals surface area (Å²) in [5, 5.41) is 11.9. The van der Waals surface area contributed by atoms with Crippen LogP contribution in [0.25, 0.3) is 76.2 Å². The molecule has 0 saturated heterocycles. The fourth-order valence-electron chi connectivity index (χ4n) is 10.3. The first kappa shape index (κ1) is 37.2. The minimum Gasteiger partial charge on any atom is -0.454 e. The molecule has 2 heterocycles. The Labute approximate surface area is 373 Å². The smallest absolute Gasteiger partial charge is 0.159 e. The number of alkyl halides is 1. The number of para-hydroxylation sites is 4. The second kappa shape index (κ2) is 14.2. The maximum Gasteiger partial charge on any atom is 0.159 e. The van der Waals surface area contributed by atoms with Crippen molar-refractivity contribution in [3.63, 3.8) is 0 Å². The Morgan fingerprint density at radius 2 is 1.08 bits per heavy atom. The van der Waals surface area contributed by atoms with Gasteiger partial charge in [0, 0.05) is 53.7 Å². The molecule has 0 bridgehead atoms. The molecule has 0 aliphatic heterocycles. The van der Waals surface area contributed by atoms with Crippen LogP contribution >= 0.6 is 22.6 Å². The number of hydrogen-bond acceptors (Lipinski definition) is 4. The van der Waals surface area contributed by atoms with Crippen molar-refractivity contribution < 1.29 is 8.83 Å². The SMILES string of the molecule is CC1=CC(C)C(N(c2ccc3ccc4c(N(c5ccc(C)cc5)c5cccc6c5oc5c(CI)cccc56)ccc5ccc2c3c54)c2cccc3c2oc2c(C)cccc23)C=C1. The van der Waals surface area contributed by atoms with Gasteiger partial charge in [-0.05, 0) is 90.2 Å². The Balaban J connectivity index is 1.12. The molecule has 300 valence electrons. The van der Waals surface area contributed by atoms with Gasteiger partial charge in [-0.15, -0.1) is 0 Å². The Bertz CT molecular complexity index is 3650. The molecule has 5 heteroatoms. The molecular weight excluding hydrogens is 872 g/mol. The number of benzene rings is 9. The fraction of sp³-hybridized carbons (Fsp3) is 0.123. The lowest BCUT2D eigenvalue weighted by Gasteiger charge is -2.37. The maximum absolute atomic E-state index is 6.92. The van der Waals surface area contributed by atoms with E-state index in [1.165, 1.54) is 49.0 Å². The van der Waals surface area contributed by atoms with Gasteiger partial charge in [-0.2, -0.15) is 0 Å². The second-order valence-electron chi connectivity index (χ2n) is 17.1. The van der Waals surface area contributed by atoms with Crippen LogP contribution in [0.3, 0.4) is 0 Å². The van der Waals surface area contributed by atoms with Crippen molar-refractivity contribution in [2.75, 3.05) is 9.80 Å². The first-order chi connectivity index (χ1) is 30.4. The number of hydrogen-bond donors (Lipinski definition) is 0. The van der Waals surface area contributed by atoms with Gasteiger partial charge in [0.1, 0.15) is 11.2 Å². The van der Waals surface area contributed by atoms with Crippen molar-refractivity contribution in [3.05, 3.63) is 186 Å². The van der Waals surface area contributed by atoms with Crippen molar-refractivity contribution >= 4 is 127 Å². The van der Waals surface area contributed by atoms with Gasteiger partial charge in [-0.1, -0.05) is 168 Å². The van der Waals surface area contributed by atoms with Crippen LogP contribution in [0.1, 0.15) is 30.5 Å². The van der Waals surface area contributed by atoms with Crippen LogP contribution in [0.5, 0.6) is 0 Å². The molecule has 0 N–H and O–H groups in total. The quantitative estimate of drug-likeness (QED) is 0.0906. The first-order valence-corrected chi connectivity index (χ1v) is 23.0. The van der Waals surface area contributed by atoms with Crippen LogP contribution in [0.15, 0.2) is 178 Å². The van der Waals surface area contributed by atoms with E-state index in [4.69, 9.17) is 8.83 Å². The van der Waals surface area contributed by atoms with Crippen molar-refractivity contribution in [2.45, 2.75) is 38.2 Å². The number of halogens is 1. The topological polar surface area (TPSA) is 32.8 Å². The summed E-state index contributed by atoms with van der Waals surface area (Å²) in [5.74, 6) is 0.253. The lowest BCUT2D eigenvalue weighted by atomic mass is 9.89. The van der Waals surface area contributed by atoms with Crippen LogP contribution in [-0.4, -0.2) is 6.04 Å². The van der Waals surface area contributed by atoms with Crippen molar-refractivity contribution in [3.8, 4) is 0 Å². The normalized spacial score (nSPS) is 15.6. The molecule has 0 radical (unpaired) electrons. The van der Waals surface area contributed by atoms with Gasteiger partial charge < -0.3 is 18.6 Å². The molecule has 0 amide bonds. The molecule has 2 unspecified atom stereocenters. The van der Waals surface area contributed by atoms with Crippen molar-refractivity contribution in [2.24, 2.45) is 5.92 Å². The van der Waals surface area contributed by atoms with Crippen molar-refractivity contribution in [1.82, 2.24) is 0 Å². The zero-order chi connectivity index (χ0) is 41.8. The average molecular weight is 915 g/mol. The molecular formula is C57H43IN2O2. The molecule has 0 saturated carbocycles. The summed E-state index contributed by atoms with van der Waals surface area (Å²) in [7, 11) is 0. The third kappa shape index (κ3) is 5.57. The van der Waals surface area contributed by atoms with Crippen LogP contribution < -0.4 is 9.80 Å². The number of furan rings is 2. The standard InChI is InChI=1S/C57H43IN2O2/c1-33-17-24-40(25-18-33)59(50-15-7-14-44-42-12-6-10-39(32-58)55(42)62-56(44)50)48-29-22-37-21-27-46-49(30-23-38-20-26-45(48)52(37)53(38)46)60(47-28-19-34(2)31-36(47)4)51-16-8-13-43-41-11-5-9-35(3)54(41)61-57(43)51/h5-31,36,47H,32H2,1-4H3. The predicted molar refractivity (Wildman–Crippen MR) is 271 cm³/mol. The number of allylic oxidation sites excluding steroid dienone is 2. The lowest BCUT2D eigenvalue weighted by Crippen LogP contribution is -2.35. The molecule has 0 fully saturated rings. The highest BCUT2D eigenvalue weighted by atomic mass is 127. The van der Waals surface area contributed by atoms with E-state index in [0.29, 0.717) is 0 Å². The van der Waals surface area contributed by atoms with Crippen molar-refractivity contribution in [1.29, 1.82) is 0 Å². The van der Waals surface area contributed by atoms with E-state index >= 15 is 0 Å². The zero-order valence-electron chi connectivity index (χ0n) is 35.0. The molecule has 2 atom stereocenters. The van der Waals surface area contributed by atoms with Crippen LogP contribution in [0.4, 0.5) is 28.4 Å². The number of anilines is 5. The van der Waals surface area contributed by atoms with Gasteiger partial charge >= 0.3 is 0 Å². The highest BCUT2D eigenvalue weighted by Crippen LogP contribution is 2.50. The summed E-state index contributed by atoms with van der Waals surface area (Å²) >= 11 is 2.44. The molecule has 1 aliphatic carbocycles. The Kier molecular flexibility index (Phi) is 8.55. The molecule has 0 spiro atoms. The molecule has 11 aromatic rings. The van der Waals surface area contributed by atoms with Crippen LogP contribution in [0.2, 0.25) is 0 Å². The molecule has 62 heavy (non-hydrogen) atoms. The van der Waals surface area contributed by atoms with Gasteiger partial charge in [0.05, 0.1) is 23.1 Å². The maximum atomic E-state index is 6.92. The number of fused-ring (bicyclic) bond motifs is 6. The van der Waals surface area contributed by atoms with E-state index in [-0.39, 0.29) is 12.0 Å². The Morgan fingerprint density at radius 1 is 0.516 bits per heavy atom. The highest BCUT2D eigenvalue weighted by molar-refractivity contribution is 14.1. The van der Waals surface area contributed by atoms with Gasteiger partial charge in [-0.25, -0.2) is 0 Å². The summed E-state index contributed by atoms with van der Waals surface area (Å²) in [6.07, 6.45) is 7.05. The fourth-order valence-corrected chi connectivity index (χ4v) is 10.9. The van der Waals surface area contributed by atoms with E-state index in [2.05, 4.69) is 224 Å². The molecule has 4 nitrogen and oxygen atoms in total. The lowest BCUT2D eigenvalue weighted by molar-refractivity contribution is 0.601. The Morgan fingerprint density at radius 3 is 1.77 bits per heavy atom. The van der Waals surface area contributed by atoms with Gasteiger partial charge in [0.25, 0.3) is 0 Å². The van der Waals surface area contributed by atoms with E-state index < -0.39 is 0 Å². The monoisotopic (exact) mass is 914 g/mol. The minimum absolute atomic E-state index is 0.0571. The number of aryl methyl sites for hydroxylation is 2. The molecule has 2 aromatic heterocycles. The summed E-state index contributed by atoms with van der Waals surface area (Å²) in [6, 6.07) is 53.6. The third-order valence-corrected chi connectivity index (χ3v) is 14.1. The largest absolute Gasteiger partial charge is 0.454 e. The minimum atomic E-state index is 0.0571. The van der Waals surface area contributed by atoms with Gasteiger partial charge in [-0.3, -0.25) is 0 Å². The van der Waals surface area contributed by atoms with E-state index in [9.17, 15) is 0 Å². The summed E-state index contributed by atoms with van der Waals surface area (Å²) in [4.78, 5) is 4.95. The summed E-state index contributed by atoms with van der Waals surface area (Å²) < 4.78 is 14.7. The molecule has 9 aromatic carbocycles. The first-order valence-electron chi connectivity index (χ1n) is 21.5. The average Bonchev–Trinajstić information content (AvgIpc) is 3.88. The highest BCUT2D eigenvalue weighted by Gasteiger charge is 2.30. The van der Waals surface area contributed by atoms with Crippen LogP contribution in [-0.2, 0) is 4.43 Å². The predicted octanol–water partition coefficient (Wildman–Crippen LogP) is 17.1. The van der Waals surface area contributed by atoms with E-state index in [1.54, 1.807) is 0 Å². The van der Waals surface area contributed by atoms with E-state index in [0.717, 1.165) is 82.3 Å². The van der Waals surface area contributed by atoms with Crippen LogP contribution in [0, 0.1) is 19.8 Å². The second-order valence-corrected chi connectivity index (χ2v) is 17.9. The van der Waals surface area contributed by atoms with Gasteiger partial charge in [0.2, 0.25) is 0 Å². The van der Waals surface area contributed by atoms with E-state index in [1.807, 2.05) is 0 Å². The Hall–Kier alpha value is -6.57. The molecule has 1 aliphatic rings. The number of rotatable bonds is 7. The third-order valence-electron chi connectivity index (χ3n) is 13.3. The summed E-state index contributed by atoms with van der Waals surface area (Å²) in [5.41, 5.74) is 14.0. The molecule has 12 rings (SSSR count). The number of nitrogens with zero attached hydrogens (tertiary/aromatic N) is 2.